The Hall–Kier alpha value is -2.15. The molecule has 1 aromatic rings. The highest BCUT2D eigenvalue weighted by Crippen LogP contribution is 2.46. The normalized spacial score (nSPS) is 22.1. The summed E-state index contributed by atoms with van der Waals surface area (Å²) in [4.78, 5) is 37.0. The summed E-state index contributed by atoms with van der Waals surface area (Å²) in [6.07, 6.45) is 0.925. The topological polar surface area (TPSA) is 86.7 Å². The molecule has 0 aromatic heterocycles. The fraction of sp³-hybridized carbons (Fsp3) is 0.400. The summed E-state index contributed by atoms with van der Waals surface area (Å²) in [7, 11) is 0. The lowest BCUT2D eigenvalue weighted by Gasteiger charge is -2.18. The standard InChI is InChI=1S/C15H14ClFN2O4/c16-9-7-8(1-2-10(9)17)19-6-3-11(12(19)20)18-13(21)15(4-5-15)14(22)23/h1-2,7,11H,3-6H2,(H,18,21)(H,22,23). The van der Waals surface area contributed by atoms with Gasteiger partial charge >= 0.3 is 5.97 Å². The summed E-state index contributed by atoms with van der Waals surface area (Å²) >= 11 is 5.72. The zero-order valence-electron chi connectivity index (χ0n) is 12.0. The first-order chi connectivity index (χ1) is 10.8. The quantitative estimate of drug-likeness (QED) is 0.814. The Balaban J connectivity index is 1.71. The molecule has 1 saturated heterocycles. The minimum absolute atomic E-state index is 0.0920. The van der Waals surface area contributed by atoms with Crippen LogP contribution < -0.4 is 10.2 Å². The minimum atomic E-state index is -1.38. The number of carboxylic acid groups (broad SMARTS) is 1. The molecular formula is C15H14ClFN2O4. The third kappa shape index (κ3) is 2.65. The smallest absolute Gasteiger partial charge is 0.319 e. The predicted molar refractivity (Wildman–Crippen MR) is 79.6 cm³/mol. The zero-order valence-corrected chi connectivity index (χ0v) is 12.8. The SMILES string of the molecule is O=C1C(NC(=O)C2(C(=O)O)CC2)CCN1c1ccc(F)c(Cl)c1. The molecule has 1 aliphatic heterocycles. The molecule has 1 saturated carbocycles. The van der Waals surface area contributed by atoms with Crippen molar-refractivity contribution in [2.24, 2.45) is 5.41 Å². The molecule has 3 rings (SSSR count). The van der Waals surface area contributed by atoms with E-state index in [2.05, 4.69) is 5.32 Å². The van der Waals surface area contributed by atoms with E-state index < -0.39 is 29.2 Å². The van der Waals surface area contributed by atoms with Crippen molar-refractivity contribution in [1.82, 2.24) is 5.32 Å². The molecule has 2 N–H and O–H groups in total. The average Bonchev–Trinajstić information content (AvgIpc) is 3.24. The van der Waals surface area contributed by atoms with Gasteiger partial charge in [0.05, 0.1) is 5.02 Å². The van der Waals surface area contributed by atoms with Gasteiger partial charge in [0, 0.05) is 12.2 Å². The van der Waals surface area contributed by atoms with E-state index in [-0.39, 0.29) is 23.8 Å². The van der Waals surface area contributed by atoms with E-state index >= 15 is 0 Å². The number of aliphatic carboxylic acids is 1. The first kappa shape index (κ1) is 15.7. The van der Waals surface area contributed by atoms with Crippen molar-refractivity contribution in [3.63, 3.8) is 0 Å². The van der Waals surface area contributed by atoms with Gasteiger partial charge in [-0.05, 0) is 37.5 Å². The number of nitrogens with one attached hydrogen (secondary N) is 1. The Bertz CT molecular complexity index is 705. The van der Waals surface area contributed by atoms with Crippen LogP contribution in [0.5, 0.6) is 0 Å². The van der Waals surface area contributed by atoms with Crippen LogP contribution >= 0.6 is 11.6 Å². The number of carbonyl (C=O) groups excluding carboxylic acids is 2. The lowest BCUT2D eigenvalue weighted by Crippen LogP contribution is -2.46. The van der Waals surface area contributed by atoms with Crippen LogP contribution in [0.2, 0.25) is 5.02 Å². The van der Waals surface area contributed by atoms with Gasteiger partial charge in [-0.1, -0.05) is 11.6 Å². The predicted octanol–water partition coefficient (Wildman–Crippen LogP) is 1.57. The summed E-state index contributed by atoms with van der Waals surface area (Å²) in [5.41, 5.74) is -0.940. The van der Waals surface area contributed by atoms with E-state index in [1.807, 2.05) is 0 Å². The average molecular weight is 341 g/mol. The molecule has 1 unspecified atom stereocenters. The molecular weight excluding hydrogens is 327 g/mol. The van der Waals surface area contributed by atoms with Crippen LogP contribution in [-0.4, -0.2) is 35.5 Å². The molecule has 122 valence electrons. The Morgan fingerprint density at radius 3 is 2.65 bits per heavy atom. The van der Waals surface area contributed by atoms with Crippen molar-refractivity contribution in [3.8, 4) is 0 Å². The van der Waals surface area contributed by atoms with Gasteiger partial charge in [-0.15, -0.1) is 0 Å². The van der Waals surface area contributed by atoms with Crippen molar-refractivity contribution < 1.29 is 23.9 Å². The number of hydrogen-bond donors (Lipinski definition) is 2. The Morgan fingerprint density at radius 1 is 1.39 bits per heavy atom. The van der Waals surface area contributed by atoms with Gasteiger partial charge in [0.15, 0.2) is 0 Å². The summed E-state index contributed by atoms with van der Waals surface area (Å²) < 4.78 is 13.2. The Morgan fingerprint density at radius 2 is 2.09 bits per heavy atom. The largest absolute Gasteiger partial charge is 0.480 e. The van der Waals surface area contributed by atoms with Crippen LogP contribution in [0.4, 0.5) is 10.1 Å². The van der Waals surface area contributed by atoms with Gasteiger partial charge in [-0.2, -0.15) is 0 Å². The van der Waals surface area contributed by atoms with Crippen molar-refractivity contribution in [2.45, 2.75) is 25.3 Å². The van der Waals surface area contributed by atoms with Gasteiger partial charge in [-0.3, -0.25) is 14.4 Å². The lowest BCUT2D eigenvalue weighted by molar-refractivity contribution is -0.149. The number of carbonyl (C=O) groups is 3. The third-order valence-corrected chi connectivity index (χ3v) is 4.61. The van der Waals surface area contributed by atoms with Crippen LogP contribution in [0.1, 0.15) is 19.3 Å². The zero-order chi connectivity index (χ0) is 16.8. The molecule has 1 atom stereocenters. The molecule has 8 heteroatoms. The van der Waals surface area contributed by atoms with E-state index in [4.69, 9.17) is 16.7 Å². The molecule has 0 radical (unpaired) electrons. The van der Waals surface area contributed by atoms with Gasteiger partial charge in [0.25, 0.3) is 0 Å². The number of nitrogens with zero attached hydrogens (tertiary/aromatic N) is 1. The molecule has 1 heterocycles. The van der Waals surface area contributed by atoms with Crippen LogP contribution in [-0.2, 0) is 14.4 Å². The maximum absolute atomic E-state index is 13.2. The van der Waals surface area contributed by atoms with E-state index in [1.165, 1.54) is 23.1 Å². The summed E-state index contributed by atoms with van der Waals surface area (Å²) in [5.74, 6) is -2.73. The highest BCUT2D eigenvalue weighted by Gasteiger charge is 2.57. The molecule has 1 aliphatic carbocycles. The first-order valence-electron chi connectivity index (χ1n) is 7.16. The van der Waals surface area contributed by atoms with E-state index in [0.717, 1.165) is 0 Å². The Kier molecular flexibility index (Phi) is 3.75. The maximum atomic E-state index is 13.2. The minimum Gasteiger partial charge on any atom is -0.480 e. The number of carboxylic acids is 1. The summed E-state index contributed by atoms with van der Waals surface area (Å²) in [5, 5.41) is 11.5. The van der Waals surface area contributed by atoms with Gasteiger partial charge < -0.3 is 15.3 Å². The second kappa shape index (κ2) is 5.49. The number of benzene rings is 1. The van der Waals surface area contributed by atoms with Crippen LogP contribution in [0, 0.1) is 11.2 Å². The van der Waals surface area contributed by atoms with Crippen LogP contribution in [0.15, 0.2) is 18.2 Å². The third-order valence-electron chi connectivity index (χ3n) is 4.32. The van der Waals surface area contributed by atoms with Gasteiger partial charge in [-0.25, -0.2) is 4.39 Å². The van der Waals surface area contributed by atoms with Crippen molar-refractivity contribution >= 4 is 35.1 Å². The fourth-order valence-electron chi connectivity index (χ4n) is 2.68. The molecule has 2 aliphatic rings. The molecule has 23 heavy (non-hydrogen) atoms. The Labute approximate surface area is 136 Å². The number of amides is 2. The first-order valence-corrected chi connectivity index (χ1v) is 7.54. The molecule has 1 aromatic carbocycles. The molecule has 0 bridgehead atoms. The summed E-state index contributed by atoms with van der Waals surface area (Å²) in [6.45, 7) is 0.339. The highest BCUT2D eigenvalue weighted by molar-refractivity contribution is 6.31. The monoisotopic (exact) mass is 340 g/mol. The highest BCUT2D eigenvalue weighted by atomic mass is 35.5. The van der Waals surface area contributed by atoms with Crippen LogP contribution in [0.25, 0.3) is 0 Å². The fourth-order valence-corrected chi connectivity index (χ4v) is 2.86. The molecule has 6 nitrogen and oxygen atoms in total. The van der Waals surface area contributed by atoms with E-state index in [1.54, 1.807) is 0 Å². The van der Waals surface area contributed by atoms with E-state index in [9.17, 15) is 18.8 Å². The van der Waals surface area contributed by atoms with Crippen molar-refractivity contribution in [1.29, 1.82) is 0 Å². The lowest BCUT2D eigenvalue weighted by atomic mass is 10.1. The number of rotatable bonds is 4. The maximum Gasteiger partial charge on any atom is 0.319 e. The van der Waals surface area contributed by atoms with Crippen molar-refractivity contribution in [2.75, 3.05) is 11.4 Å². The molecule has 0 spiro atoms. The van der Waals surface area contributed by atoms with Crippen LogP contribution in [0.3, 0.4) is 0 Å². The second-order valence-corrected chi connectivity index (χ2v) is 6.20. The molecule has 2 amide bonds. The molecule has 2 fully saturated rings. The van der Waals surface area contributed by atoms with E-state index in [0.29, 0.717) is 18.7 Å². The van der Waals surface area contributed by atoms with Crippen molar-refractivity contribution in [3.05, 3.63) is 29.0 Å². The van der Waals surface area contributed by atoms with Gasteiger partial charge in [0.1, 0.15) is 17.3 Å². The second-order valence-electron chi connectivity index (χ2n) is 5.79. The number of hydrogen-bond acceptors (Lipinski definition) is 3. The number of anilines is 1. The number of halogens is 2. The van der Waals surface area contributed by atoms with Gasteiger partial charge in [0.2, 0.25) is 11.8 Å². The summed E-state index contributed by atoms with van der Waals surface area (Å²) in [6, 6.07) is 3.17.